The number of ether oxygens (including phenoxy) is 2. The summed E-state index contributed by atoms with van der Waals surface area (Å²) in [5.41, 5.74) is -0.453. The van der Waals surface area contributed by atoms with E-state index in [2.05, 4.69) is 5.32 Å². The van der Waals surface area contributed by atoms with Gasteiger partial charge >= 0.3 is 0 Å². The second-order valence-corrected chi connectivity index (χ2v) is 4.26. The van der Waals surface area contributed by atoms with E-state index in [4.69, 9.17) is 14.7 Å². The molecule has 5 nitrogen and oxygen atoms in total. The minimum atomic E-state index is -0.895. The molecule has 5 heteroatoms. The minimum Gasteiger partial charge on any atom is -0.454 e. The van der Waals surface area contributed by atoms with Crippen LogP contribution in [-0.4, -0.2) is 18.2 Å². The van der Waals surface area contributed by atoms with Gasteiger partial charge in [-0.25, -0.2) is 0 Å². The summed E-state index contributed by atoms with van der Waals surface area (Å²) in [4.78, 5) is 11.9. The van der Waals surface area contributed by atoms with Gasteiger partial charge in [0.15, 0.2) is 11.5 Å². The second-order valence-electron chi connectivity index (χ2n) is 4.26. The number of hydrogen-bond donors (Lipinski definition) is 1. The summed E-state index contributed by atoms with van der Waals surface area (Å²) in [5.74, 6) is 0.864. The van der Waals surface area contributed by atoms with Crippen molar-refractivity contribution in [2.45, 2.75) is 19.4 Å². The molecule has 2 rings (SSSR count). The van der Waals surface area contributed by atoms with Gasteiger partial charge in [-0.05, 0) is 32.0 Å². The highest BCUT2D eigenvalue weighted by atomic mass is 16.7. The number of nitrogens with one attached hydrogen (secondary N) is 1. The van der Waals surface area contributed by atoms with Crippen molar-refractivity contribution in [3.8, 4) is 17.6 Å². The predicted octanol–water partition coefficient (Wildman–Crippen LogP) is 1.45. The van der Waals surface area contributed by atoms with Crippen molar-refractivity contribution < 1.29 is 14.3 Å². The van der Waals surface area contributed by atoms with Crippen LogP contribution < -0.4 is 14.8 Å². The van der Waals surface area contributed by atoms with Gasteiger partial charge in [0.1, 0.15) is 5.54 Å². The number of nitriles is 1. The molecule has 0 spiro atoms. The molecule has 17 heavy (non-hydrogen) atoms. The predicted molar refractivity (Wildman–Crippen MR) is 59.7 cm³/mol. The molecule has 1 aromatic carbocycles. The van der Waals surface area contributed by atoms with Gasteiger partial charge in [-0.3, -0.25) is 4.79 Å². The Morgan fingerprint density at radius 3 is 2.82 bits per heavy atom. The monoisotopic (exact) mass is 232 g/mol. The Bertz CT molecular complexity index is 503. The zero-order valence-electron chi connectivity index (χ0n) is 9.61. The first-order valence-electron chi connectivity index (χ1n) is 5.15. The first-order valence-corrected chi connectivity index (χ1v) is 5.15. The van der Waals surface area contributed by atoms with Crippen molar-refractivity contribution in [3.05, 3.63) is 23.8 Å². The van der Waals surface area contributed by atoms with E-state index in [-0.39, 0.29) is 12.7 Å². The van der Waals surface area contributed by atoms with Crippen LogP contribution in [0.3, 0.4) is 0 Å². The molecule has 0 unspecified atom stereocenters. The number of benzene rings is 1. The molecular formula is C12H12N2O3. The molecule has 1 aromatic rings. The number of rotatable bonds is 2. The van der Waals surface area contributed by atoms with Crippen LogP contribution in [0.5, 0.6) is 11.5 Å². The minimum absolute atomic E-state index is 0.171. The topological polar surface area (TPSA) is 71.4 Å². The highest BCUT2D eigenvalue weighted by Crippen LogP contribution is 2.32. The molecule has 88 valence electrons. The Morgan fingerprint density at radius 2 is 2.12 bits per heavy atom. The zero-order chi connectivity index (χ0) is 12.5. The third-order valence-electron chi connectivity index (χ3n) is 2.34. The molecule has 0 bridgehead atoms. The van der Waals surface area contributed by atoms with Gasteiger partial charge in [-0.1, -0.05) is 0 Å². The first kappa shape index (κ1) is 11.3. The van der Waals surface area contributed by atoms with Crippen LogP contribution in [0.1, 0.15) is 24.2 Å². The number of hydrogen-bond acceptors (Lipinski definition) is 4. The van der Waals surface area contributed by atoms with Crippen LogP contribution >= 0.6 is 0 Å². The second kappa shape index (κ2) is 3.98. The highest BCUT2D eigenvalue weighted by Gasteiger charge is 2.22. The van der Waals surface area contributed by atoms with Gasteiger partial charge in [0.25, 0.3) is 5.91 Å². The van der Waals surface area contributed by atoms with Gasteiger partial charge in [0.05, 0.1) is 6.07 Å². The van der Waals surface area contributed by atoms with Crippen LogP contribution in [0.15, 0.2) is 18.2 Å². The van der Waals surface area contributed by atoms with Crippen molar-refractivity contribution >= 4 is 5.91 Å². The first-order chi connectivity index (χ1) is 8.02. The smallest absolute Gasteiger partial charge is 0.252 e. The molecule has 0 atom stereocenters. The molecule has 0 radical (unpaired) electrons. The molecule has 0 fully saturated rings. The van der Waals surface area contributed by atoms with Gasteiger partial charge in [-0.2, -0.15) is 5.26 Å². The molecule has 1 amide bonds. The molecule has 0 saturated heterocycles. The van der Waals surface area contributed by atoms with Crippen molar-refractivity contribution in [1.29, 1.82) is 5.26 Å². The van der Waals surface area contributed by atoms with E-state index in [1.165, 1.54) is 0 Å². The molecular weight excluding hydrogens is 220 g/mol. The zero-order valence-corrected chi connectivity index (χ0v) is 9.61. The third kappa shape index (κ3) is 2.31. The quantitative estimate of drug-likeness (QED) is 0.837. The van der Waals surface area contributed by atoms with E-state index in [0.29, 0.717) is 17.1 Å². The van der Waals surface area contributed by atoms with E-state index in [9.17, 15) is 4.79 Å². The lowest BCUT2D eigenvalue weighted by Crippen LogP contribution is -2.42. The Morgan fingerprint density at radius 1 is 1.41 bits per heavy atom. The summed E-state index contributed by atoms with van der Waals surface area (Å²) in [6.45, 7) is 3.44. The largest absolute Gasteiger partial charge is 0.454 e. The van der Waals surface area contributed by atoms with Crippen LogP contribution in [-0.2, 0) is 0 Å². The van der Waals surface area contributed by atoms with Gasteiger partial charge in [0.2, 0.25) is 6.79 Å². The number of amides is 1. The Labute approximate surface area is 98.9 Å². The highest BCUT2D eigenvalue weighted by molar-refractivity contribution is 5.95. The summed E-state index contributed by atoms with van der Waals surface area (Å²) in [7, 11) is 0. The van der Waals surface area contributed by atoms with Crippen LogP contribution in [0.25, 0.3) is 0 Å². The lowest BCUT2D eigenvalue weighted by molar-refractivity contribution is 0.0929. The normalized spacial score (nSPS) is 13.0. The fourth-order valence-electron chi connectivity index (χ4n) is 1.42. The average molecular weight is 232 g/mol. The van der Waals surface area contributed by atoms with Gasteiger partial charge in [-0.15, -0.1) is 0 Å². The van der Waals surface area contributed by atoms with Crippen LogP contribution in [0.2, 0.25) is 0 Å². The molecule has 0 aliphatic carbocycles. The summed E-state index contributed by atoms with van der Waals surface area (Å²) in [6, 6.07) is 6.92. The molecule has 1 aliphatic heterocycles. The van der Waals surface area contributed by atoms with Gasteiger partial charge in [0, 0.05) is 5.56 Å². The Balaban J connectivity index is 2.19. The van der Waals surface area contributed by atoms with E-state index in [1.54, 1.807) is 32.0 Å². The Kier molecular flexibility index (Phi) is 2.64. The fourth-order valence-corrected chi connectivity index (χ4v) is 1.42. The van der Waals surface area contributed by atoms with Crippen LogP contribution in [0.4, 0.5) is 0 Å². The van der Waals surface area contributed by atoms with Gasteiger partial charge < -0.3 is 14.8 Å². The van der Waals surface area contributed by atoms with E-state index >= 15 is 0 Å². The molecule has 0 aromatic heterocycles. The number of carbonyl (C=O) groups is 1. The van der Waals surface area contributed by atoms with Crippen molar-refractivity contribution in [2.24, 2.45) is 0 Å². The lowest BCUT2D eigenvalue weighted by Gasteiger charge is -2.17. The standard InChI is InChI=1S/C12H12N2O3/c1-12(2,6-13)14-11(15)8-3-4-9-10(5-8)17-7-16-9/h3-5H,7H2,1-2H3,(H,14,15). The summed E-state index contributed by atoms with van der Waals surface area (Å²) in [6.07, 6.45) is 0. The Hall–Kier alpha value is -2.22. The maximum Gasteiger partial charge on any atom is 0.252 e. The van der Waals surface area contributed by atoms with Crippen molar-refractivity contribution in [2.75, 3.05) is 6.79 Å². The molecule has 1 aliphatic rings. The van der Waals surface area contributed by atoms with E-state index in [0.717, 1.165) is 0 Å². The summed E-state index contributed by atoms with van der Waals surface area (Å²) in [5, 5.41) is 11.5. The molecule has 1 N–H and O–H groups in total. The van der Waals surface area contributed by atoms with E-state index < -0.39 is 5.54 Å². The number of nitrogens with zero attached hydrogens (tertiary/aromatic N) is 1. The third-order valence-corrected chi connectivity index (χ3v) is 2.34. The lowest BCUT2D eigenvalue weighted by atomic mass is 10.1. The van der Waals surface area contributed by atoms with E-state index in [1.807, 2.05) is 6.07 Å². The van der Waals surface area contributed by atoms with Crippen LogP contribution in [0, 0.1) is 11.3 Å². The average Bonchev–Trinajstić information content (AvgIpc) is 2.75. The van der Waals surface area contributed by atoms with Crippen molar-refractivity contribution in [1.82, 2.24) is 5.32 Å². The number of fused-ring (bicyclic) bond motifs is 1. The maximum atomic E-state index is 11.9. The fraction of sp³-hybridized carbons (Fsp3) is 0.333. The maximum absolute atomic E-state index is 11.9. The molecule has 1 heterocycles. The summed E-state index contributed by atoms with van der Waals surface area (Å²) < 4.78 is 10.3. The number of carbonyl (C=O) groups excluding carboxylic acids is 1. The van der Waals surface area contributed by atoms with Crippen molar-refractivity contribution in [3.63, 3.8) is 0 Å². The SMILES string of the molecule is CC(C)(C#N)NC(=O)c1ccc2c(c1)OCO2. The summed E-state index contributed by atoms with van der Waals surface area (Å²) >= 11 is 0. The molecule has 0 saturated carbocycles.